The second-order valence-corrected chi connectivity index (χ2v) is 7.70. The maximum absolute atomic E-state index is 13.0. The Labute approximate surface area is 189 Å². The summed E-state index contributed by atoms with van der Waals surface area (Å²) in [4.78, 5) is 26.0. The molecule has 6 heteroatoms. The molecule has 0 spiro atoms. The molecular weight excluding hydrogens is 402 g/mol. The van der Waals surface area contributed by atoms with Crippen molar-refractivity contribution in [3.63, 3.8) is 0 Å². The van der Waals surface area contributed by atoms with E-state index in [1.54, 1.807) is 12.1 Å². The predicted octanol–water partition coefficient (Wildman–Crippen LogP) is 6.14. The van der Waals surface area contributed by atoms with Crippen LogP contribution in [0, 0.1) is 10.1 Å². The number of rotatable bonds is 10. The normalized spacial score (nSPS) is 10.6. The number of carbonyl (C=O) groups excluding carboxylic acids is 1. The van der Waals surface area contributed by atoms with Crippen LogP contribution in [0.3, 0.4) is 0 Å². The largest absolute Gasteiger partial charge is 0.375 e. The van der Waals surface area contributed by atoms with Crippen molar-refractivity contribution < 1.29 is 9.72 Å². The van der Waals surface area contributed by atoms with Crippen LogP contribution in [-0.4, -0.2) is 28.8 Å². The average molecular weight is 432 g/mol. The Morgan fingerprint density at radius 1 is 0.906 bits per heavy atom. The van der Waals surface area contributed by atoms with Gasteiger partial charge in [-0.25, -0.2) is 0 Å². The summed E-state index contributed by atoms with van der Waals surface area (Å²) in [5, 5.41) is 14.7. The van der Waals surface area contributed by atoms with Crippen molar-refractivity contribution in [3.05, 3.63) is 94.0 Å². The van der Waals surface area contributed by atoms with E-state index in [0.717, 1.165) is 42.6 Å². The van der Waals surface area contributed by atoms with Crippen molar-refractivity contribution in [1.29, 1.82) is 0 Å². The quantitative estimate of drug-likeness (QED) is 0.309. The van der Waals surface area contributed by atoms with Gasteiger partial charge in [-0.2, -0.15) is 0 Å². The molecule has 0 saturated heterocycles. The number of hydrogen-bond acceptors (Lipinski definition) is 4. The van der Waals surface area contributed by atoms with Gasteiger partial charge >= 0.3 is 0 Å². The van der Waals surface area contributed by atoms with Gasteiger partial charge in [0.05, 0.1) is 4.92 Å². The van der Waals surface area contributed by atoms with Crippen LogP contribution in [0.1, 0.15) is 42.6 Å². The molecule has 1 amide bonds. The molecule has 3 rings (SSSR count). The van der Waals surface area contributed by atoms with E-state index in [9.17, 15) is 14.9 Å². The molecule has 0 bridgehead atoms. The van der Waals surface area contributed by atoms with Crippen LogP contribution < -0.4 is 5.32 Å². The van der Waals surface area contributed by atoms with Gasteiger partial charge in [0.2, 0.25) is 0 Å². The molecule has 32 heavy (non-hydrogen) atoms. The van der Waals surface area contributed by atoms with Gasteiger partial charge in [0.25, 0.3) is 11.6 Å². The van der Waals surface area contributed by atoms with Crippen LogP contribution in [-0.2, 0) is 6.54 Å². The van der Waals surface area contributed by atoms with Crippen molar-refractivity contribution in [2.45, 2.75) is 33.2 Å². The molecular formula is C26H29N3O3. The van der Waals surface area contributed by atoms with E-state index in [1.165, 1.54) is 6.07 Å². The number of nitrogens with one attached hydrogen (secondary N) is 1. The summed E-state index contributed by atoms with van der Waals surface area (Å²) in [5.74, 6) is 0.0138. The summed E-state index contributed by atoms with van der Waals surface area (Å²) < 4.78 is 0. The van der Waals surface area contributed by atoms with Gasteiger partial charge in [0, 0.05) is 31.3 Å². The van der Waals surface area contributed by atoms with Gasteiger partial charge in [-0.05, 0) is 53.8 Å². The molecule has 3 aromatic rings. The Bertz CT molecular complexity index is 1060. The van der Waals surface area contributed by atoms with E-state index >= 15 is 0 Å². The third-order valence-corrected chi connectivity index (χ3v) is 5.24. The zero-order valence-electron chi connectivity index (χ0n) is 18.6. The highest BCUT2D eigenvalue weighted by Gasteiger charge is 2.17. The molecule has 3 aromatic carbocycles. The molecule has 0 saturated carbocycles. The lowest BCUT2D eigenvalue weighted by atomic mass is 10.0. The molecule has 6 nitrogen and oxygen atoms in total. The number of nitrogens with zero attached hydrogens (tertiary/aromatic N) is 2. The third-order valence-electron chi connectivity index (χ3n) is 5.24. The number of amides is 1. The minimum atomic E-state index is -0.384. The first-order chi connectivity index (χ1) is 15.5. The lowest BCUT2D eigenvalue weighted by molar-refractivity contribution is -0.384. The molecule has 166 valence electrons. The SMILES string of the molecule is CCCN(CCC)C(=O)c1cccc(-c2ccc([N+](=O)[O-])c(NCc3ccccc3)c2)c1. The molecule has 0 heterocycles. The van der Waals surface area contributed by atoms with Gasteiger partial charge in [-0.1, -0.05) is 56.3 Å². The van der Waals surface area contributed by atoms with Gasteiger partial charge in [0.15, 0.2) is 0 Å². The van der Waals surface area contributed by atoms with Crippen LogP contribution in [0.4, 0.5) is 11.4 Å². The van der Waals surface area contributed by atoms with E-state index in [1.807, 2.05) is 59.5 Å². The highest BCUT2D eigenvalue weighted by molar-refractivity contribution is 5.95. The highest BCUT2D eigenvalue weighted by atomic mass is 16.6. The summed E-state index contributed by atoms with van der Waals surface area (Å²) >= 11 is 0. The minimum Gasteiger partial charge on any atom is -0.375 e. The minimum absolute atomic E-state index is 0.0138. The maximum Gasteiger partial charge on any atom is 0.292 e. The van der Waals surface area contributed by atoms with Crippen LogP contribution >= 0.6 is 0 Å². The van der Waals surface area contributed by atoms with E-state index in [4.69, 9.17) is 0 Å². The first-order valence-corrected chi connectivity index (χ1v) is 11.0. The molecule has 0 fully saturated rings. The monoisotopic (exact) mass is 431 g/mol. The van der Waals surface area contributed by atoms with Gasteiger partial charge in [-0.3, -0.25) is 14.9 Å². The molecule has 0 unspecified atom stereocenters. The molecule has 0 aromatic heterocycles. The summed E-state index contributed by atoms with van der Waals surface area (Å²) in [7, 11) is 0. The van der Waals surface area contributed by atoms with E-state index in [0.29, 0.717) is 17.8 Å². The van der Waals surface area contributed by atoms with Crippen LogP contribution in [0.2, 0.25) is 0 Å². The number of benzene rings is 3. The second-order valence-electron chi connectivity index (χ2n) is 7.70. The Kier molecular flexibility index (Phi) is 7.97. The first kappa shape index (κ1) is 23.0. The first-order valence-electron chi connectivity index (χ1n) is 11.0. The molecule has 0 aliphatic heterocycles. The van der Waals surface area contributed by atoms with Gasteiger partial charge in [0.1, 0.15) is 5.69 Å². The smallest absolute Gasteiger partial charge is 0.292 e. The number of hydrogen-bond donors (Lipinski definition) is 1. The zero-order chi connectivity index (χ0) is 22.9. The number of anilines is 1. The predicted molar refractivity (Wildman–Crippen MR) is 129 cm³/mol. The lowest BCUT2D eigenvalue weighted by Gasteiger charge is -2.21. The van der Waals surface area contributed by atoms with Crippen molar-refractivity contribution in [2.75, 3.05) is 18.4 Å². The summed E-state index contributed by atoms with van der Waals surface area (Å²) in [6, 6.07) is 22.2. The second kappa shape index (κ2) is 11.1. The number of carbonyl (C=O) groups is 1. The van der Waals surface area contributed by atoms with E-state index in [-0.39, 0.29) is 16.5 Å². The fourth-order valence-corrected chi connectivity index (χ4v) is 3.68. The van der Waals surface area contributed by atoms with Crippen molar-refractivity contribution in [3.8, 4) is 11.1 Å². The van der Waals surface area contributed by atoms with E-state index in [2.05, 4.69) is 19.2 Å². The lowest BCUT2D eigenvalue weighted by Crippen LogP contribution is -2.32. The Morgan fingerprint density at radius 2 is 1.59 bits per heavy atom. The van der Waals surface area contributed by atoms with E-state index < -0.39 is 0 Å². The van der Waals surface area contributed by atoms with Crippen LogP contribution in [0.25, 0.3) is 11.1 Å². The zero-order valence-corrected chi connectivity index (χ0v) is 18.6. The maximum atomic E-state index is 13.0. The summed E-state index contributed by atoms with van der Waals surface area (Å²) in [6.45, 7) is 6.05. The van der Waals surface area contributed by atoms with Crippen molar-refractivity contribution in [2.24, 2.45) is 0 Å². The standard InChI is InChI=1S/C26H29N3O3/c1-3-15-28(16-4-2)26(30)23-12-8-11-21(17-23)22-13-14-25(29(31)32)24(18-22)27-19-20-9-6-5-7-10-20/h5-14,17-18,27H,3-4,15-16,19H2,1-2H3. The fourth-order valence-electron chi connectivity index (χ4n) is 3.68. The average Bonchev–Trinajstić information content (AvgIpc) is 2.82. The molecule has 0 radical (unpaired) electrons. The van der Waals surface area contributed by atoms with Crippen LogP contribution in [0.5, 0.6) is 0 Å². The molecule has 0 aliphatic rings. The van der Waals surface area contributed by atoms with Crippen LogP contribution in [0.15, 0.2) is 72.8 Å². The Hall–Kier alpha value is -3.67. The fraction of sp³-hybridized carbons (Fsp3) is 0.269. The molecule has 0 aliphatic carbocycles. The Morgan fingerprint density at radius 3 is 2.25 bits per heavy atom. The van der Waals surface area contributed by atoms with Gasteiger partial charge in [-0.15, -0.1) is 0 Å². The van der Waals surface area contributed by atoms with Crippen molar-refractivity contribution >= 4 is 17.3 Å². The topological polar surface area (TPSA) is 75.5 Å². The number of nitro groups is 1. The third kappa shape index (κ3) is 5.72. The molecule has 1 N–H and O–H groups in total. The molecule has 0 atom stereocenters. The van der Waals surface area contributed by atoms with Crippen molar-refractivity contribution in [1.82, 2.24) is 4.90 Å². The summed E-state index contributed by atoms with van der Waals surface area (Å²) in [6.07, 6.45) is 1.81. The number of nitro benzene ring substituents is 1. The Balaban J connectivity index is 1.89. The van der Waals surface area contributed by atoms with Gasteiger partial charge < -0.3 is 10.2 Å². The summed E-state index contributed by atoms with van der Waals surface area (Å²) in [5.41, 5.74) is 3.80. The highest BCUT2D eigenvalue weighted by Crippen LogP contribution is 2.31.